The zero-order valence-electron chi connectivity index (χ0n) is 20.7. The van der Waals surface area contributed by atoms with Gasteiger partial charge in [0.2, 0.25) is 0 Å². The van der Waals surface area contributed by atoms with E-state index < -0.39 is 0 Å². The molecule has 5 rings (SSSR count). The number of benzene rings is 4. The highest BCUT2D eigenvalue weighted by Gasteiger charge is 2.34. The van der Waals surface area contributed by atoms with E-state index in [1.807, 2.05) is 116 Å². The minimum Gasteiger partial charge on any atom is -0.490 e. The highest BCUT2D eigenvalue weighted by molar-refractivity contribution is 8.19. The van der Waals surface area contributed by atoms with Crippen LogP contribution in [0, 0.1) is 0 Å². The number of hydrogen-bond donors (Lipinski definition) is 0. The van der Waals surface area contributed by atoms with Crippen LogP contribution in [0.1, 0.15) is 18.1 Å². The third-order valence-corrected chi connectivity index (χ3v) is 7.05. The first kappa shape index (κ1) is 25.6. The predicted molar refractivity (Wildman–Crippen MR) is 156 cm³/mol. The second-order valence-electron chi connectivity index (χ2n) is 8.34. The Morgan fingerprint density at radius 2 is 1.58 bits per heavy atom. The summed E-state index contributed by atoms with van der Waals surface area (Å²) in [4.78, 5) is 20.5. The minimum absolute atomic E-state index is 0.132. The van der Waals surface area contributed by atoms with Crippen molar-refractivity contribution in [2.45, 2.75) is 13.5 Å². The average Bonchev–Trinajstić information content (AvgIpc) is 3.24. The molecule has 0 radical (unpaired) electrons. The van der Waals surface area contributed by atoms with Crippen molar-refractivity contribution in [2.24, 2.45) is 4.99 Å². The fraction of sp³-hybridized carbons (Fsp3) is 0.0968. The normalized spacial score (nSPS) is 15.3. The van der Waals surface area contributed by atoms with Gasteiger partial charge in [0.05, 0.1) is 22.9 Å². The highest BCUT2D eigenvalue weighted by atomic mass is 35.5. The summed E-state index contributed by atoms with van der Waals surface area (Å²) in [5.41, 5.74) is 3.26. The molecule has 0 bridgehead atoms. The van der Waals surface area contributed by atoms with Crippen LogP contribution in [0.4, 0.5) is 11.4 Å². The molecule has 0 aromatic heterocycles. The molecule has 1 heterocycles. The van der Waals surface area contributed by atoms with Crippen LogP contribution in [0.2, 0.25) is 5.02 Å². The lowest BCUT2D eigenvalue weighted by Gasteiger charge is -2.15. The number of hydrogen-bond acceptors (Lipinski definition) is 5. The smallest absolute Gasteiger partial charge is 0.271 e. The molecular formula is C31H25ClN2O3S. The van der Waals surface area contributed by atoms with Gasteiger partial charge in [0, 0.05) is 10.6 Å². The molecule has 5 nitrogen and oxygen atoms in total. The maximum atomic E-state index is 13.6. The summed E-state index contributed by atoms with van der Waals surface area (Å²) in [5, 5.41) is 1.25. The number of ether oxygens (including phenoxy) is 2. The summed E-state index contributed by atoms with van der Waals surface area (Å²) in [6.07, 6.45) is 1.86. The summed E-state index contributed by atoms with van der Waals surface area (Å²) >= 11 is 7.62. The lowest BCUT2D eigenvalue weighted by atomic mass is 10.1. The van der Waals surface area contributed by atoms with Gasteiger partial charge in [-0.3, -0.25) is 9.69 Å². The number of thioether (sulfide) groups is 1. The SMILES string of the molecule is CCOc1cc(/C=C2\SC(=Nc3ccccc3)N(c3ccccc3)C2=O)ccc1OCc1ccccc1Cl. The Hall–Kier alpha value is -4.00. The lowest BCUT2D eigenvalue weighted by molar-refractivity contribution is -0.113. The molecule has 1 amide bonds. The predicted octanol–water partition coefficient (Wildman–Crippen LogP) is 8.13. The van der Waals surface area contributed by atoms with Gasteiger partial charge >= 0.3 is 0 Å². The van der Waals surface area contributed by atoms with Crippen molar-refractivity contribution in [3.05, 3.63) is 124 Å². The van der Waals surface area contributed by atoms with Gasteiger partial charge in [-0.15, -0.1) is 0 Å². The summed E-state index contributed by atoms with van der Waals surface area (Å²) in [7, 11) is 0. The van der Waals surface area contributed by atoms with Gasteiger partial charge in [0.25, 0.3) is 5.91 Å². The number of carbonyl (C=O) groups is 1. The minimum atomic E-state index is -0.132. The number of amidine groups is 1. The molecule has 1 fully saturated rings. The number of halogens is 1. The molecule has 7 heteroatoms. The van der Waals surface area contributed by atoms with Gasteiger partial charge in [0.15, 0.2) is 16.7 Å². The maximum Gasteiger partial charge on any atom is 0.271 e. The van der Waals surface area contributed by atoms with Crippen LogP contribution >= 0.6 is 23.4 Å². The Bertz CT molecular complexity index is 1490. The monoisotopic (exact) mass is 540 g/mol. The standard InChI is InChI=1S/C31H25ClN2O3S/c1-2-36-28-19-22(17-18-27(28)37-21-23-11-9-10-16-26(23)32)20-29-30(35)34(25-14-7-4-8-15-25)31(38-29)33-24-12-5-3-6-13-24/h3-20H,2,21H2,1H3/b29-20-,33-31?. The molecule has 4 aromatic carbocycles. The van der Waals surface area contributed by atoms with Crippen molar-refractivity contribution < 1.29 is 14.3 Å². The number of anilines is 1. The van der Waals surface area contributed by atoms with E-state index in [2.05, 4.69) is 0 Å². The number of rotatable bonds is 8. The Kier molecular flexibility index (Phi) is 8.12. The Labute approximate surface area is 231 Å². The van der Waals surface area contributed by atoms with Crippen LogP contribution in [-0.2, 0) is 11.4 Å². The van der Waals surface area contributed by atoms with Crippen LogP contribution in [0.5, 0.6) is 11.5 Å². The van der Waals surface area contributed by atoms with Crippen LogP contribution in [0.25, 0.3) is 6.08 Å². The molecule has 0 atom stereocenters. The Morgan fingerprint density at radius 1 is 0.868 bits per heavy atom. The van der Waals surface area contributed by atoms with E-state index in [-0.39, 0.29) is 5.91 Å². The Morgan fingerprint density at radius 3 is 2.32 bits per heavy atom. The third kappa shape index (κ3) is 5.93. The van der Waals surface area contributed by atoms with E-state index in [1.54, 1.807) is 4.90 Å². The highest BCUT2D eigenvalue weighted by Crippen LogP contribution is 2.38. The van der Waals surface area contributed by atoms with Gasteiger partial charge in [-0.05, 0) is 72.8 Å². The van der Waals surface area contributed by atoms with Gasteiger partial charge in [-0.25, -0.2) is 4.99 Å². The second kappa shape index (κ2) is 12.0. The lowest BCUT2D eigenvalue weighted by Crippen LogP contribution is -2.28. The molecular weight excluding hydrogens is 516 g/mol. The van der Waals surface area contributed by atoms with Crippen LogP contribution in [0.3, 0.4) is 0 Å². The maximum absolute atomic E-state index is 13.6. The van der Waals surface area contributed by atoms with Crippen molar-refractivity contribution in [2.75, 3.05) is 11.5 Å². The summed E-state index contributed by atoms with van der Waals surface area (Å²) < 4.78 is 11.9. The number of amides is 1. The average molecular weight is 541 g/mol. The molecule has 1 saturated heterocycles. The first-order valence-corrected chi connectivity index (χ1v) is 13.4. The molecule has 0 saturated carbocycles. The first-order chi connectivity index (χ1) is 18.6. The van der Waals surface area contributed by atoms with E-state index >= 15 is 0 Å². The van der Waals surface area contributed by atoms with Gasteiger partial charge in [-0.1, -0.05) is 72.3 Å². The molecule has 190 valence electrons. The topological polar surface area (TPSA) is 51.1 Å². The van der Waals surface area contributed by atoms with Crippen molar-refractivity contribution in [1.82, 2.24) is 0 Å². The van der Waals surface area contributed by atoms with Crippen LogP contribution in [-0.4, -0.2) is 17.7 Å². The molecule has 38 heavy (non-hydrogen) atoms. The molecule has 1 aliphatic rings. The van der Waals surface area contributed by atoms with E-state index in [1.165, 1.54) is 11.8 Å². The van der Waals surface area contributed by atoms with Crippen molar-refractivity contribution in [3.8, 4) is 11.5 Å². The number of nitrogens with zero attached hydrogens (tertiary/aromatic N) is 2. The zero-order valence-corrected chi connectivity index (χ0v) is 22.3. The second-order valence-corrected chi connectivity index (χ2v) is 9.75. The number of carbonyl (C=O) groups excluding carboxylic acids is 1. The quantitative estimate of drug-likeness (QED) is 0.212. The molecule has 4 aromatic rings. The summed E-state index contributed by atoms with van der Waals surface area (Å²) in [6.45, 7) is 2.72. The third-order valence-electron chi connectivity index (χ3n) is 5.71. The van der Waals surface area contributed by atoms with Crippen LogP contribution < -0.4 is 14.4 Å². The van der Waals surface area contributed by atoms with Crippen molar-refractivity contribution >= 4 is 51.9 Å². The largest absolute Gasteiger partial charge is 0.490 e. The molecule has 0 N–H and O–H groups in total. The van der Waals surface area contributed by atoms with Gasteiger partial charge < -0.3 is 9.47 Å². The fourth-order valence-corrected chi connectivity index (χ4v) is 5.08. The van der Waals surface area contributed by atoms with Gasteiger partial charge in [0.1, 0.15) is 6.61 Å². The van der Waals surface area contributed by atoms with E-state index in [0.29, 0.717) is 39.8 Å². The van der Waals surface area contributed by atoms with Gasteiger partial charge in [-0.2, -0.15) is 0 Å². The Balaban J connectivity index is 1.44. The number of para-hydroxylation sites is 2. The number of aliphatic imine (C=N–C) groups is 1. The zero-order chi connectivity index (χ0) is 26.3. The molecule has 0 aliphatic carbocycles. The first-order valence-electron chi connectivity index (χ1n) is 12.2. The molecule has 0 spiro atoms. The summed E-state index contributed by atoms with van der Waals surface area (Å²) in [5.74, 6) is 1.08. The molecule has 1 aliphatic heterocycles. The van der Waals surface area contributed by atoms with Crippen molar-refractivity contribution in [1.29, 1.82) is 0 Å². The van der Waals surface area contributed by atoms with E-state index in [4.69, 9.17) is 26.1 Å². The molecule has 0 unspecified atom stereocenters. The fourth-order valence-electron chi connectivity index (χ4n) is 3.89. The van der Waals surface area contributed by atoms with E-state index in [9.17, 15) is 4.79 Å². The van der Waals surface area contributed by atoms with Crippen LogP contribution in [0.15, 0.2) is 113 Å². The van der Waals surface area contributed by atoms with Crippen molar-refractivity contribution in [3.63, 3.8) is 0 Å². The summed E-state index contributed by atoms with van der Waals surface area (Å²) in [6, 6.07) is 32.4. The van der Waals surface area contributed by atoms with E-state index in [0.717, 1.165) is 22.5 Å².